The van der Waals surface area contributed by atoms with Crippen molar-refractivity contribution in [3.05, 3.63) is 24.3 Å². The molecule has 1 unspecified atom stereocenters. The lowest BCUT2D eigenvalue weighted by molar-refractivity contribution is -0.136. The van der Waals surface area contributed by atoms with Crippen LogP contribution in [-0.2, 0) is 19.6 Å². The first kappa shape index (κ1) is 13.5. The van der Waals surface area contributed by atoms with Crippen LogP contribution >= 0.6 is 0 Å². The number of nitrogens with zero attached hydrogens (tertiary/aromatic N) is 1. The van der Waals surface area contributed by atoms with E-state index in [1.807, 2.05) is 0 Å². The van der Waals surface area contributed by atoms with Crippen molar-refractivity contribution in [2.24, 2.45) is 0 Å². The van der Waals surface area contributed by atoms with Crippen molar-refractivity contribution >= 4 is 27.5 Å². The van der Waals surface area contributed by atoms with E-state index in [-0.39, 0.29) is 11.4 Å². The predicted octanol–water partition coefficient (Wildman–Crippen LogP) is -0.696. The Morgan fingerprint density at radius 2 is 2.05 bits per heavy atom. The van der Waals surface area contributed by atoms with Gasteiger partial charge in [0.2, 0.25) is 21.8 Å². The molecule has 3 N–H and O–H groups in total. The van der Waals surface area contributed by atoms with E-state index < -0.39 is 27.9 Å². The van der Waals surface area contributed by atoms with E-state index in [1.165, 1.54) is 25.1 Å². The summed E-state index contributed by atoms with van der Waals surface area (Å²) in [5.41, 5.74) is 5.84. The van der Waals surface area contributed by atoms with Gasteiger partial charge in [0.15, 0.2) is 0 Å². The molecule has 0 aliphatic carbocycles. The van der Waals surface area contributed by atoms with Crippen LogP contribution in [0, 0.1) is 0 Å². The number of nitrogens with two attached hydrogens (primary N) is 1. The molecule has 1 atom stereocenters. The summed E-state index contributed by atoms with van der Waals surface area (Å²) in [5.74, 6) is -1.28. The third-order valence-electron chi connectivity index (χ3n) is 2.84. The Morgan fingerprint density at radius 3 is 2.68 bits per heavy atom. The Bertz CT molecular complexity index is 641. The molecule has 1 aliphatic rings. The highest BCUT2D eigenvalue weighted by Gasteiger charge is 2.38. The fourth-order valence-electron chi connectivity index (χ4n) is 1.79. The topological polar surface area (TPSA) is 110 Å². The van der Waals surface area contributed by atoms with Crippen LogP contribution in [0.1, 0.15) is 6.92 Å². The van der Waals surface area contributed by atoms with Gasteiger partial charge in [-0.1, -0.05) is 6.07 Å². The van der Waals surface area contributed by atoms with Gasteiger partial charge in [0.1, 0.15) is 6.04 Å². The molecule has 2 rings (SSSR count). The highest BCUT2D eigenvalue weighted by atomic mass is 32.2. The van der Waals surface area contributed by atoms with Crippen LogP contribution in [0.3, 0.4) is 0 Å². The molecule has 8 heteroatoms. The van der Waals surface area contributed by atoms with Crippen LogP contribution in [0.25, 0.3) is 0 Å². The van der Waals surface area contributed by atoms with Crippen LogP contribution in [0.15, 0.2) is 29.2 Å². The Labute approximate surface area is 110 Å². The molecular weight excluding hydrogens is 270 g/mol. The van der Waals surface area contributed by atoms with Crippen molar-refractivity contribution in [1.29, 1.82) is 0 Å². The quantitative estimate of drug-likeness (QED) is 0.551. The van der Waals surface area contributed by atoms with Crippen LogP contribution in [-0.4, -0.2) is 37.1 Å². The molecule has 19 heavy (non-hydrogen) atoms. The number of carbonyl (C=O) groups excluding carboxylic acids is 2. The van der Waals surface area contributed by atoms with Crippen LogP contribution in [0.5, 0.6) is 0 Å². The third-order valence-corrected chi connectivity index (χ3v) is 4.75. The maximum atomic E-state index is 12.4. The number of rotatable bonds is 2. The monoisotopic (exact) mass is 283 g/mol. The first-order valence-corrected chi connectivity index (χ1v) is 6.97. The van der Waals surface area contributed by atoms with Crippen molar-refractivity contribution in [1.82, 2.24) is 9.62 Å². The Kier molecular flexibility index (Phi) is 3.29. The second-order valence-corrected chi connectivity index (χ2v) is 6.10. The summed E-state index contributed by atoms with van der Waals surface area (Å²) in [6, 6.07) is 4.77. The fraction of sp³-hybridized carbons (Fsp3) is 0.273. The number of benzene rings is 1. The minimum absolute atomic E-state index is 0.0400. The van der Waals surface area contributed by atoms with Crippen LogP contribution in [0.4, 0.5) is 5.69 Å². The highest BCUT2D eigenvalue weighted by molar-refractivity contribution is 7.89. The van der Waals surface area contributed by atoms with Crippen molar-refractivity contribution in [2.75, 3.05) is 12.3 Å². The molecule has 1 aliphatic heterocycles. The smallest absolute Gasteiger partial charge is 0.244 e. The molecule has 0 bridgehead atoms. The molecule has 0 spiro atoms. The first-order chi connectivity index (χ1) is 8.82. The molecule has 102 valence electrons. The fourth-order valence-corrected chi connectivity index (χ4v) is 3.40. The number of nitrogens with one attached hydrogen (secondary N) is 1. The number of hydrogen-bond acceptors (Lipinski definition) is 5. The largest absolute Gasteiger partial charge is 0.399 e. The van der Waals surface area contributed by atoms with Gasteiger partial charge in [0.05, 0.1) is 11.4 Å². The number of nitrogen functional groups attached to an aromatic ring is 1. The summed E-state index contributed by atoms with van der Waals surface area (Å²) in [5, 5.41) is 2.09. The molecule has 2 amide bonds. The van der Waals surface area contributed by atoms with E-state index >= 15 is 0 Å². The molecule has 0 radical (unpaired) electrons. The number of carbonyl (C=O) groups is 2. The van der Waals surface area contributed by atoms with Crippen molar-refractivity contribution in [3.63, 3.8) is 0 Å². The van der Waals surface area contributed by atoms with Crippen LogP contribution < -0.4 is 11.1 Å². The number of anilines is 1. The van der Waals surface area contributed by atoms with Gasteiger partial charge in [-0.2, -0.15) is 4.31 Å². The van der Waals surface area contributed by atoms with E-state index in [2.05, 4.69) is 5.32 Å². The zero-order valence-electron chi connectivity index (χ0n) is 10.2. The average Bonchev–Trinajstić information content (AvgIpc) is 2.33. The summed E-state index contributed by atoms with van der Waals surface area (Å²) in [4.78, 5) is 22.8. The normalized spacial score (nSPS) is 21.2. The zero-order chi connectivity index (χ0) is 14.2. The third kappa shape index (κ3) is 2.45. The van der Waals surface area contributed by atoms with E-state index in [0.29, 0.717) is 5.69 Å². The van der Waals surface area contributed by atoms with Gasteiger partial charge >= 0.3 is 0 Å². The maximum Gasteiger partial charge on any atom is 0.244 e. The molecule has 0 aromatic heterocycles. The van der Waals surface area contributed by atoms with Gasteiger partial charge in [-0.25, -0.2) is 8.42 Å². The van der Waals surface area contributed by atoms with E-state index in [0.717, 1.165) is 4.31 Å². The van der Waals surface area contributed by atoms with Crippen molar-refractivity contribution < 1.29 is 18.0 Å². The van der Waals surface area contributed by atoms with Gasteiger partial charge < -0.3 is 5.73 Å². The number of imide groups is 1. The Balaban J connectivity index is 2.44. The molecule has 1 fully saturated rings. The minimum atomic E-state index is -3.93. The van der Waals surface area contributed by atoms with Crippen molar-refractivity contribution in [2.45, 2.75) is 17.9 Å². The van der Waals surface area contributed by atoms with Gasteiger partial charge in [-0.05, 0) is 25.1 Å². The van der Waals surface area contributed by atoms with Gasteiger partial charge in [-0.15, -0.1) is 0 Å². The second-order valence-electron chi connectivity index (χ2n) is 4.21. The van der Waals surface area contributed by atoms with Gasteiger partial charge in [0, 0.05) is 5.69 Å². The maximum absolute atomic E-state index is 12.4. The molecule has 7 nitrogen and oxygen atoms in total. The summed E-state index contributed by atoms with van der Waals surface area (Å²) in [6.45, 7) is 1.04. The SMILES string of the molecule is CC1C(=O)NC(=O)CN1S(=O)(=O)c1cccc(N)c1. The summed E-state index contributed by atoms with van der Waals surface area (Å²) >= 11 is 0. The Hall–Kier alpha value is -1.93. The lowest BCUT2D eigenvalue weighted by atomic mass is 10.2. The number of hydrogen-bond donors (Lipinski definition) is 2. The summed E-state index contributed by atoms with van der Waals surface area (Å²) in [7, 11) is -3.93. The molecule has 1 saturated heterocycles. The molecular formula is C11H13N3O4S. The minimum Gasteiger partial charge on any atom is -0.399 e. The van der Waals surface area contributed by atoms with E-state index in [9.17, 15) is 18.0 Å². The molecule has 0 saturated carbocycles. The highest BCUT2D eigenvalue weighted by Crippen LogP contribution is 2.21. The lowest BCUT2D eigenvalue weighted by Crippen LogP contribution is -2.58. The summed E-state index contributed by atoms with van der Waals surface area (Å²) in [6.07, 6.45) is 0. The first-order valence-electron chi connectivity index (χ1n) is 5.53. The second kappa shape index (κ2) is 4.63. The zero-order valence-corrected chi connectivity index (χ0v) is 11.0. The molecule has 1 aromatic carbocycles. The molecule has 1 aromatic rings. The lowest BCUT2D eigenvalue weighted by Gasteiger charge is -2.30. The Morgan fingerprint density at radius 1 is 1.37 bits per heavy atom. The van der Waals surface area contributed by atoms with Crippen molar-refractivity contribution in [3.8, 4) is 0 Å². The van der Waals surface area contributed by atoms with Gasteiger partial charge in [0.25, 0.3) is 0 Å². The number of sulfonamides is 1. The standard InChI is InChI=1S/C11H13N3O4S/c1-7-11(16)13-10(15)6-14(7)19(17,18)9-4-2-3-8(12)5-9/h2-5,7H,6,12H2,1H3,(H,13,15,16). The average molecular weight is 283 g/mol. The number of piperazine rings is 1. The van der Waals surface area contributed by atoms with Crippen LogP contribution in [0.2, 0.25) is 0 Å². The molecule has 1 heterocycles. The predicted molar refractivity (Wildman–Crippen MR) is 67.4 cm³/mol. The number of amides is 2. The van der Waals surface area contributed by atoms with E-state index in [4.69, 9.17) is 5.73 Å². The van der Waals surface area contributed by atoms with E-state index in [1.54, 1.807) is 6.07 Å². The van der Waals surface area contributed by atoms with Gasteiger partial charge in [-0.3, -0.25) is 14.9 Å². The summed E-state index contributed by atoms with van der Waals surface area (Å²) < 4.78 is 25.6.